The van der Waals surface area contributed by atoms with Crippen LogP contribution in [0, 0.1) is 17.1 Å². The van der Waals surface area contributed by atoms with E-state index >= 15 is 0 Å². The second-order valence-electron chi connectivity index (χ2n) is 5.40. The molecule has 2 rings (SSSR count). The molecular weight excluding hydrogens is 307 g/mol. The van der Waals surface area contributed by atoms with Gasteiger partial charge in [-0.3, -0.25) is 15.2 Å². The van der Waals surface area contributed by atoms with Gasteiger partial charge in [0.05, 0.1) is 6.20 Å². The lowest BCUT2D eigenvalue weighted by Gasteiger charge is -2.32. The molecule has 0 aliphatic heterocycles. The zero-order valence-electron chi connectivity index (χ0n) is 12.1. The third-order valence-corrected chi connectivity index (χ3v) is 3.85. The van der Waals surface area contributed by atoms with Crippen molar-refractivity contribution in [2.24, 2.45) is 11.7 Å². The van der Waals surface area contributed by atoms with Crippen LogP contribution in [-0.4, -0.2) is 27.5 Å². The van der Waals surface area contributed by atoms with E-state index in [0.717, 1.165) is 31.5 Å². The summed E-state index contributed by atoms with van der Waals surface area (Å²) in [5.74, 6) is -0.479. The standard InChI is InChI=1S/C15H18ClFN4O/c16-14(19)6-13(18)15(22)21(8-10-2-1-3-10)9-11-4-5-20-7-12(11)17/h4-7,10,19H,1-3,8-9,18H2/b13-6-,19-14?. The van der Waals surface area contributed by atoms with E-state index < -0.39 is 11.7 Å². The van der Waals surface area contributed by atoms with Crippen molar-refractivity contribution in [1.82, 2.24) is 9.88 Å². The third-order valence-electron chi connectivity index (χ3n) is 3.74. The maximum Gasteiger partial charge on any atom is 0.270 e. The number of hydrogen-bond acceptors (Lipinski definition) is 4. The van der Waals surface area contributed by atoms with Gasteiger partial charge in [-0.05, 0) is 24.8 Å². The summed E-state index contributed by atoms with van der Waals surface area (Å²) in [6.07, 6.45) is 6.96. The highest BCUT2D eigenvalue weighted by molar-refractivity contribution is 6.67. The molecule has 3 N–H and O–H groups in total. The van der Waals surface area contributed by atoms with Gasteiger partial charge in [0.25, 0.3) is 5.91 Å². The first-order valence-electron chi connectivity index (χ1n) is 7.06. The van der Waals surface area contributed by atoms with Crippen LogP contribution in [0.3, 0.4) is 0 Å². The predicted molar refractivity (Wildman–Crippen MR) is 82.8 cm³/mol. The molecule has 1 amide bonds. The van der Waals surface area contributed by atoms with Crippen molar-refractivity contribution in [1.29, 1.82) is 5.41 Å². The number of hydrogen-bond donors (Lipinski definition) is 2. The Bertz CT molecular complexity index is 601. The molecule has 1 fully saturated rings. The average molecular weight is 325 g/mol. The van der Waals surface area contributed by atoms with Crippen LogP contribution in [0.15, 0.2) is 30.2 Å². The lowest BCUT2D eigenvalue weighted by atomic mass is 9.85. The van der Waals surface area contributed by atoms with Crippen LogP contribution >= 0.6 is 11.6 Å². The highest BCUT2D eigenvalue weighted by Gasteiger charge is 2.25. The van der Waals surface area contributed by atoms with Gasteiger partial charge < -0.3 is 10.6 Å². The van der Waals surface area contributed by atoms with Crippen molar-refractivity contribution in [3.63, 3.8) is 0 Å². The number of nitrogens with zero attached hydrogens (tertiary/aromatic N) is 2. The maximum atomic E-state index is 13.8. The number of aromatic nitrogens is 1. The quantitative estimate of drug-likeness (QED) is 0.622. The second-order valence-corrected chi connectivity index (χ2v) is 5.80. The molecule has 0 unspecified atom stereocenters. The zero-order chi connectivity index (χ0) is 16.1. The molecule has 5 nitrogen and oxygen atoms in total. The van der Waals surface area contributed by atoms with E-state index in [1.807, 2.05) is 0 Å². The van der Waals surface area contributed by atoms with Crippen molar-refractivity contribution in [3.05, 3.63) is 41.6 Å². The Balaban J connectivity index is 2.16. The fraction of sp³-hybridized carbons (Fsp3) is 0.400. The van der Waals surface area contributed by atoms with Crippen molar-refractivity contribution in [2.45, 2.75) is 25.8 Å². The Morgan fingerprint density at radius 2 is 2.32 bits per heavy atom. The first-order valence-corrected chi connectivity index (χ1v) is 7.44. The van der Waals surface area contributed by atoms with Crippen molar-refractivity contribution in [2.75, 3.05) is 6.54 Å². The van der Waals surface area contributed by atoms with Crippen molar-refractivity contribution in [3.8, 4) is 0 Å². The number of carbonyl (C=O) groups excluding carboxylic acids is 1. The molecule has 7 heteroatoms. The van der Waals surface area contributed by atoms with Crippen molar-refractivity contribution >= 4 is 22.7 Å². The molecule has 1 saturated carbocycles. The van der Waals surface area contributed by atoms with E-state index in [-0.39, 0.29) is 17.4 Å². The van der Waals surface area contributed by atoms with E-state index in [9.17, 15) is 9.18 Å². The van der Waals surface area contributed by atoms with Crippen LogP contribution in [0.5, 0.6) is 0 Å². The summed E-state index contributed by atoms with van der Waals surface area (Å²) in [5.41, 5.74) is 5.95. The van der Waals surface area contributed by atoms with Crippen molar-refractivity contribution < 1.29 is 9.18 Å². The molecule has 22 heavy (non-hydrogen) atoms. The highest BCUT2D eigenvalue weighted by atomic mass is 35.5. The molecule has 0 atom stereocenters. The Kier molecular flexibility index (Phi) is 5.49. The summed E-state index contributed by atoms with van der Waals surface area (Å²) in [6.45, 7) is 0.638. The SMILES string of the molecule is N=C(Cl)/C=C(\N)C(=O)N(Cc1ccncc1F)CC1CCC1. The number of carbonyl (C=O) groups is 1. The van der Waals surface area contributed by atoms with E-state index in [1.165, 1.54) is 11.1 Å². The number of allylic oxidation sites excluding steroid dienone is 1. The molecule has 0 radical (unpaired) electrons. The van der Waals surface area contributed by atoms with Crippen LogP contribution in [0.25, 0.3) is 0 Å². The minimum absolute atomic E-state index is 0.117. The zero-order valence-corrected chi connectivity index (χ0v) is 12.8. The maximum absolute atomic E-state index is 13.8. The largest absolute Gasteiger partial charge is 0.394 e. The molecule has 1 heterocycles. The minimum atomic E-state index is -0.457. The number of halogens is 2. The van der Waals surface area contributed by atoms with Gasteiger partial charge in [0.1, 0.15) is 16.7 Å². The van der Waals surface area contributed by atoms with Gasteiger partial charge in [-0.2, -0.15) is 0 Å². The number of pyridine rings is 1. The van der Waals surface area contributed by atoms with E-state index in [2.05, 4.69) is 4.98 Å². The Morgan fingerprint density at radius 3 is 2.86 bits per heavy atom. The van der Waals surface area contributed by atoms with E-state index in [0.29, 0.717) is 18.0 Å². The average Bonchev–Trinajstić information content (AvgIpc) is 2.41. The number of amides is 1. The summed E-state index contributed by atoms with van der Waals surface area (Å²) >= 11 is 5.44. The molecule has 0 bridgehead atoms. The highest BCUT2D eigenvalue weighted by Crippen LogP contribution is 2.28. The predicted octanol–water partition coefficient (Wildman–Crippen LogP) is 2.41. The Morgan fingerprint density at radius 1 is 1.59 bits per heavy atom. The molecule has 1 aliphatic rings. The molecule has 0 saturated heterocycles. The Labute approximate surface area is 133 Å². The Hall–Kier alpha value is -1.95. The minimum Gasteiger partial charge on any atom is -0.394 e. The van der Waals surface area contributed by atoms with Gasteiger partial charge in [-0.25, -0.2) is 4.39 Å². The topological polar surface area (TPSA) is 83.1 Å². The number of rotatable bonds is 6. The summed E-state index contributed by atoms with van der Waals surface area (Å²) < 4.78 is 13.8. The van der Waals surface area contributed by atoms with Crippen LogP contribution < -0.4 is 5.73 Å². The van der Waals surface area contributed by atoms with Gasteiger partial charge in [-0.15, -0.1) is 0 Å². The molecule has 0 spiro atoms. The smallest absolute Gasteiger partial charge is 0.270 e. The number of nitrogens with two attached hydrogens (primary N) is 1. The first-order chi connectivity index (χ1) is 10.5. The van der Waals surface area contributed by atoms with E-state index in [1.54, 1.807) is 6.07 Å². The molecule has 1 aliphatic carbocycles. The van der Waals surface area contributed by atoms with Gasteiger partial charge in [0.15, 0.2) is 0 Å². The number of nitrogens with one attached hydrogen (secondary N) is 1. The fourth-order valence-corrected chi connectivity index (χ4v) is 2.44. The van der Waals surface area contributed by atoms with E-state index in [4.69, 9.17) is 22.7 Å². The molecular formula is C15H18ClFN4O. The molecule has 1 aromatic rings. The second kappa shape index (κ2) is 7.35. The van der Waals surface area contributed by atoms with Gasteiger partial charge in [-0.1, -0.05) is 18.0 Å². The lowest BCUT2D eigenvalue weighted by molar-refractivity contribution is -0.128. The normalized spacial score (nSPS) is 15.3. The van der Waals surface area contributed by atoms with Crippen LogP contribution in [0.4, 0.5) is 4.39 Å². The molecule has 118 valence electrons. The molecule has 1 aromatic heterocycles. The van der Waals surface area contributed by atoms with Gasteiger partial charge in [0, 0.05) is 30.9 Å². The summed E-state index contributed by atoms with van der Waals surface area (Å²) in [4.78, 5) is 17.6. The van der Waals surface area contributed by atoms with Crippen LogP contribution in [0.2, 0.25) is 0 Å². The first kappa shape index (κ1) is 16.4. The van der Waals surface area contributed by atoms with Crippen LogP contribution in [0.1, 0.15) is 24.8 Å². The summed E-state index contributed by atoms with van der Waals surface area (Å²) in [6, 6.07) is 1.54. The fourth-order valence-electron chi connectivity index (χ4n) is 2.33. The monoisotopic (exact) mass is 324 g/mol. The van der Waals surface area contributed by atoms with Crippen LogP contribution in [-0.2, 0) is 11.3 Å². The summed E-state index contributed by atoms with van der Waals surface area (Å²) in [5, 5.41) is 6.86. The summed E-state index contributed by atoms with van der Waals surface area (Å²) in [7, 11) is 0. The van der Waals surface area contributed by atoms with Gasteiger partial charge >= 0.3 is 0 Å². The third kappa shape index (κ3) is 4.27. The van der Waals surface area contributed by atoms with Gasteiger partial charge in [0.2, 0.25) is 0 Å². The lowest BCUT2D eigenvalue weighted by Crippen LogP contribution is -2.39. The molecule has 0 aromatic carbocycles.